The molecule has 11 atom stereocenters. The van der Waals surface area contributed by atoms with Crippen LogP contribution in [0.2, 0.25) is 0 Å². The third kappa shape index (κ3) is 4.76. The number of fused-ring (bicyclic) bond motifs is 5. The van der Waals surface area contributed by atoms with E-state index in [9.17, 15) is 4.79 Å². The van der Waals surface area contributed by atoms with E-state index in [0.29, 0.717) is 11.0 Å². The minimum absolute atomic E-state index is 0.0908. The van der Waals surface area contributed by atoms with E-state index in [1.54, 1.807) is 5.57 Å². The van der Waals surface area contributed by atoms with Crippen LogP contribution in [-0.4, -0.2) is 30.6 Å². The normalized spacial score (nSPS) is 44.5. The number of carbonyl (C=O) groups is 1. The fraction of sp³-hybridized carbons (Fsp3) is 0.686. The second-order valence-corrected chi connectivity index (χ2v) is 14.8. The van der Waals surface area contributed by atoms with E-state index in [-0.39, 0.29) is 35.4 Å². The monoisotopic (exact) mass is 610 g/mol. The molecule has 4 nitrogen and oxygen atoms in total. The summed E-state index contributed by atoms with van der Waals surface area (Å²) in [5.74, 6) is 2.42. The average molecular weight is 612 g/mol. The highest BCUT2D eigenvalue weighted by Gasteiger charge is 2.57. The number of benzene rings is 1. The number of rotatable bonds is 5. The molecule has 0 radical (unpaired) electrons. The van der Waals surface area contributed by atoms with Gasteiger partial charge in [0, 0.05) is 11.3 Å². The van der Waals surface area contributed by atoms with E-state index < -0.39 is 12.4 Å². The van der Waals surface area contributed by atoms with Crippen LogP contribution in [0.15, 0.2) is 52.5 Å². The molecule has 5 heteroatoms. The Labute approximate surface area is 249 Å². The maximum atomic E-state index is 13.1. The van der Waals surface area contributed by atoms with Crippen LogP contribution in [0.5, 0.6) is 0 Å². The molecule has 218 valence electrons. The van der Waals surface area contributed by atoms with Crippen LogP contribution >= 0.6 is 15.9 Å². The Morgan fingerprint density at radius 1 is 1.00 bits per heavy atom. The fourth-order valence-corrected chi connectivity index (χ4v) is 9.89. The summed E-state index contributed by atoms with van der Waals surface area (Å²) in [6.07, 6.45) is 13.4. The van der Waals surface area contributed by atoms with Gasteiger partial charge < -0.3 is 14.2 Å². The fourth-order valence-electron chi connectivity index (χ4n) is 9.21. The summed E-state index contributed by atoms with van der Waals surface area (Å²) < 4.78 is 21.0. The quantitative estimate of drug-likeness (QED) is 0.247. The molecule has 0 N–H and O–H groups in total. The van der Waals surface area contributed by atoms with Gasteiger partial charge in [-0.2, -0.15) is 0 Å². The molecule has 1 aromatic rings. The highest BCUT2D eigenvalue weighted by atomic mass is 79.9. The van der Waals surface area contributed by atoms with Gasteiger partial charge in [0.25, 0.3) is 0 Å². The van der Waals surface area contributed by atoms with Gasteiger partial charge in [-0.3, -0.25) is 0 Å². The van der Waals surface area contributed by atoms with E-state index in [2.05, 4.69) is 62.7 Å². The van der Waals surface area contributed by atoms with E-state index in [1.165, 1.54) is 30.2 Å². The highest BCUT2D eigenvalue weighted by molar-refractivity contribution is 9.11. The lowest BCUT2D eigenvalue weighted by molar-refractivity contribution is -0.285. The zero-order valence-corrected chi connectivity index (χ0v) is 26.5. The summed E-state index contributed by atoms with van der Waals surface area (Å²) in [5, 5.41) is 0. The third-order valence-corrected chi connectivity index (χ3v) is 13.3. The van der Waals surface area contributed by atoms with E-state index >= 15 is 0 Å². The van der Waals surface area contributed by atoms with Crippen molar-refractivity contribution in [2.75, 3.05) is 0 Å². The van der Waals surface area contributed by atoms with Crippen molar-refractivity contribution < 1.29 is 19.0 Å². The van der Waals surface area contributed by atoms with Gasteiger partial charge in [-0.1, -0.05) is 86.5 Å². The van der Waals surface area contributed by atoms with Gasteiger partial charge in [-0.05, 0) is 97.1 Å². The Bertz CT molecular complexity index is 1160. The number of halogens is 1. The summed E-state index contributed by atoms with van der Waals surface area (Å²) in [6.45, 7) is 11.6. The van der Waals surface area contributed by atoms with Crippen molar-refractivity contribution in [2.45, 2.75) is 111 Å². The van der Waals surface area contributed by atoms with Crippen LogP contribution in [-0.2, 0) is 14.2 Å². The van der Waals surface area contributed by atoms with Crippen molar-refractivity contribution in [2.24, 2.45) is 40.4 Å². The lowest BCUT2D eigenvalue weighted by Crippen LogP contribution is -2.54. The Kier molecular flexibility index (Phi) is 7.89. The van der Waals surface area contributed by atoms with Gasteiger partial charge >= 0.3 is 5.97 Å². The molecule has 1 aromatic carbocycles. The van der Waals surface area contributed by atoms with Crippen LogP contribution in [0, 0.1) is 40.4 Å². The second kappa shape index (κ2) is 11.0. The molecule has 40 heavy (non-hydrogen) atoms. The molecule has 6 rings (SSSR count). The first-order valence-electron chi connectivity index (χ1n) is 15.8. The number of hydrogen-bond donors (Lipinski definition) is 0. The number of esters is 1. The molecular formula is C35H47BrO4. The lowest BCUT2D eigenvalue weighted by atomic mass is 9.48. The molecule has 1 saturated heterocycles. The minimum Gasteiger partial charge on any atom is -0.453 e. The molecule has 0 amide bonds. The molecule has 0 spiro atoms. The molecular weight excluding hydrogens is 564 g/mol. The van der Waals surface area contributed by atoms with Crippen molar-refractivity contribution in [3.8, 4) is 0 Å². The van der Waals surface area contributed by atoms with Crippen LogP contribution in [0.4, 0.5) is 0 Å². The maximum absolute atomic E-state index is 13.1. The molecule has 2 saturated carbocycles. The van der Waals surface area contributed by atoms with Gasteiger partial charge in [0.2, 0.25) is 0 Å². The first-order chi connectivity index (χ1) is 19.2. The molecule has 1 unspecified atom stereocenters. The first kappa shape index (κ1) is 28.7. The Hall–Kier alpha value is -1.43. The standard InChI is InChI=1S/C35H47BrO4/c1-6-29-21(2)22(3)31(40-32(37)23-10-8-7-9-11-23)33(39-29)38-25-16-18-34(4)24(20-25)12-13-26-27-14-15-30(36)35(27,5)19-17-28(26)34/h7-12,15,21-22,25-29,31,33H,6,13-14,16-20H2,1-5H3/t21-,22-,25-,26?,27-,28-,29+,31+,33+,34-,35-/m0/s1. The molecule has 0 bridgehead atoms. The molecule has 3 fully saturated rings. The number of allylic oxidation sites excluding steroid dienone is 3. The summed E-state index contributed by atoms with van der Waals surface area (Å²) in [5.41, 5.74) is 2.76. The van der Waals surface area contributed by atoms with Crippen molar-refractivity contribution in [1.82, 2.24) is 0 Å². The summed E-state index contributed by atoms with van der Waals surface area (Å²) in [7, 11) is 0. The van der Waals surface area contributed by atoms with Gasteiger partial charge in [-0.25, -0.2) is 4.79 Å². The van der Waals surface area contributed by atoms with Gasteiger partial charge in [-0.15, -0.1) is 0 Å². The zero-order chi connectivity index (χ0) is 28.2. The number of hydrogen-bond acceptors (Lipinski definition) is 4. The first-order valence-corrected chi connectivity index (χ1v) is 16.6. The zero-order valence-electron chi connectivity index (χ0n) is 24.9. The lowest BCUT2D eigenvalue weighted by Gasteiger charge is -2.57. The Morgan fingerprint density at radius 3 is 2.50 bits per heavy atom. The minimum atomic E-state index is -0.535. The van der Waals surface area contributed by atoms with Crippen LogP contribution < -0.4 is 0 Å². The van der Waals surface area contributed by atoms with E-state index in [4.69, 9.17) is 14.2 Å². The van der Waals surface area contributed by atoms with Crippen molar-refractivity contribution in [1.29, 1.82) is 0 Å². The van der Waals surface area contributed by atoms with Crippen molar-refractivity contribution in [3.05, 3.63) is 58.1 Å². The maximum Gasteiger partial charge on any atom is 0.338 e. The molecule has 4 aliphatic carbocycles. The average Bonchev–Trinajstić information content (AvgIpc) is 3.27. The number of ether oxygens (including phenoxy) is 3. The predicted molar refractivity (Wildman–Crippen MR) is 162 cm³/mol. The Morgan fingerprint density at radius 2 is 1.75 bits per heavy atom. The highest BCUT2D eigenvalue weighted by Crippen LogP contribution is 2.65. The molecule has 1 aliphatic heterocycles. The summed E-state index contributed by atoms with van der Waals surface area (Å²) >= 11 is 3.93. The largest absolute Gasteiger partial charge is 0.453 e. The Balaban J connectivity index is 1.18. The van der Waals surface area contributed by atoms with Crippen molar-refractivity contribution >= 4 is 21.9 Å². The van der Waals surface area contributed by atoms with Crippen molar-refractivity contribution in [3.63, 3.8) is 0 Å². The third-order valence-electron chi connectivity index (χ3n) is 12.0. The van der Waals surface area contributed by atoms with Crippen LogP contribution in [0.1, 0.15) is 96.3 Å². The van der Waals surface area contributed by atoms with E-state index in [1.807, 2.05) is 30.3 Å². The molecule has 5 aliphatic rings. The molecule has 1 heterocycles. The summed E-state index contributed by atoms with van der Waals surface area (Å²) in [4.78, 5) is 13.1. The smallest absolute Gasteiger partial charge is 0.338 e. The number of carbonyl (C=O) groups excluding carboxylic acids is 1. The second-order valence-electron chi connectivity index (χ2n) is 13.9. The predicted octanol–water partition coefficient (Wildman–Crippen LogP) is 8.86. The van der Waals surface area contributed by atoms with E-state index in [0.717, 1.165) is 43.4 Å². The molecule has 0 aromatic heterocycles. The van der Waals surface area contributed by atoms with Gasteiger partial charge in [0.05, 0.1) is 17.8 Å². The topological polar surface area (TPSA) is 44.8 Å². The van der Waals surface area contributed by atoms with Crippen LogP contribution in [0.25, 0.3) is 0 Å². The SMILES string of the molecule is CC[C@H]1O[C@@H](O[C@H]2CC[C@@]3(C)C(=CCC4[C@@H]3CC[C@]3(C)C(Br)=CC[C@@H]43)C2)[C@H](OC(=O)c2ccccc2)[C@@H](C)[C@@H]1C. The summed E-state index contributed by atoms with van der Waals surface area (Å²) in [6, 6.07) is 9.28. The van der Waals surface area contributed by atoms with Gasteiger partial charge in [0.15, 0.2) is 12.4 Å². The van der Waals surface area contributed by atoms with Gasteiger partial charge in [0.1, 0.15) is 0 Å². The van der Waals surface area contributed by atoms with Crippen LogP contribution in [0.3, 0.4) is 0 Å².